The second-order valence-corrected chi connectivity index (χ2v) is 7.38. The Morgan fingerprint density at radius 1 is 1.25 bits per heavy atom. The molecular formula is C16H16N2O5S. The Hall–Kier alpha value is -2.61. The lowest BCUT2D eigenvalue weighted by Crippen LogP contribution is -2.41. The van der Waals surface area contributed by atoms with Crippen molar-refractivity contribution in [3.05, 3.63) is 53.5 Å². The van der Waals surface area contributed by atoms with Crippen molar-refractivity contribution in [3.8, 4) is 0 Å². The van der Waals surface area contributed by atoms with E-state index in [1.165, 1.54) is 18.2 Å². The Bertz CT molecular complexity index is 916. The van der Waals surface area contributed by atoms with Gasteiger partial charge in [-0.2, -0.15) is 0 Å². The van der Waals surface area contributed by atoms with E-state index in [1.807, 2.05) is 0 Å². The third-order valence-electron chi connectivity index (χ3n) is 3.76. The number of hydrogen-bond acceptors (Lipinski definition) is 5. The summed E-state index contributed by atoms with van der Waals surface area (Å²) in [6.45, 7) is 2.93. The molecule has 1 aliphatic heterocycles. The van der Waals surface area contributed by atoms with E-state index in [1.54, 1.807) is 32.0 Å². The highest BCUT2D eigenvalue weighted by Crippen LogP contribution is 2.29. The number of furan rings is 1. The van der Waals surface area contributed by atoms with E-state index in [0.717, 1.165) is 0 Å². The van der Waals surface area contributed by atoms with E-state index in [2.05, 4.69) is 5.32 Å². The van der Waals surface area contributed by atoms with E-state index in [4.69, 9.17) is 4.42 Å². The van der Waals surface area contributed by atoms with Gasteiger partial charge in [-0.05, 0) is 38.1 Å². The Morgan fingerprint density at radius 2 is 1.96 bits per heavy atom. The normalized spacial score (nSPS) is 16.8. The number of benzene rings is 1. The number of aryl methyl sites for hydroxylation is 1. The predicted octanol–water partition coefficient (Wildman–Crippen LogP) is 1.61. The first-order valence-electron chi connectivity index (χ1n) is 7.32. The molecule has 1 aromatic carbocycles. The fraction of sp³-hybridized carbons (Fsp3) is 0.250. The molecule has 0 saturated carbocycles. The van der Waals surface area contributed by atoms with E-state index in [0.29, 0.717) is 15.8 Å². The summed E-state index contributed by atoms with van der Waals surface area (Å²) >= 11 is 0. The van der Waals surface area contributed by atoms with Gasteiger partial charge in [0.15, 0.2) is 0 Å². The van der Waals surface area contributed by atoms with Gasteiger partial charge < -0.3 is 9.73 Å². The largest absolute Gasteiger partial charge is 0.464 e. The van der Waals surface area contributed by atoms with Crippen molar-refractivity contribution in [2.45, 2.75) is 24.8 Å². The maximum atomic E-state index is 12.4. The summed E-state index contributed by atoms with van der Waals surface area (Å²) < 4.78 is 30.8. The lowest BCUT2D eigenvalue weighted by atomic mass is 10.2. The third kappa shape index (κ3) is 2.69. The van der Waals surface area contributed by atoms with Crippen LogP contribution in [0.5, 0.6) is 0 Å². The summed E-state index contributed by atoms with van der Waals surface area (Å²) in [6.07, 6.45) is 0. The summed E-state index contributed by atoms with van der Waals surface area (Å²) in [5.74, 6) is -0.0119. The number of carbonyl (C=O) groups excluding carboxylic acids is 2. The zero-order chi connectivity index (χ0) is 17.5. The van der Waals surface area contributed by atoms with E-state index >= 15 is 0 Å². The molecule has 0 radical (unpaired) electrons. The van der Waals surface area contributed by atoms with Crippen LogP contribution in [-0.2, 0) is 14.8 Å². The number of fused-ring (bicyclic) bond motifs is 1. The Morgan fingerprint density at radius 3 is 2.58 bits per heavy atom. The zero-order valence-electron chi connectivity index (χ0n) is 13.1. The topological polar surface area (TPSA) is 96.7 Å². The molecule has 0 saturated heterocycles. The molecule has 1 aliphatic rings. The number of sulfonamides is 1. The second kappa shape index (κ2) is 5.79. The fourth-order valence-electron chi connectivity index (χ4n) is 2.56. The van der Waals surface area contributed by atoms with Crippen molar-refractivity contribution < 1.29 is 22.4 Å². The molecule has 1 unspecified atom stereocenters. The highest BCUT2D eigenvalue weighted by molar-refractivity contribution is 7.90. The first kappa shape index (κ1) is 16.3. The van der Waals surface area contributed by atoms with E-state index in [9.17, 15) is 18.0 Å². The number of rotatable bonds is 4. The van der Waals surface area contributed by atoms with Gasteiger partial charge in [0.2, 0.25) is 5.91 Å². The fourth-order valence-corrected chi connectivity index (χ4v) is 4.09. The van der Waals surface area contributed by atoms with Gasteiger partial charge >= 0.3 is 0 Å². The number of amides is 2. The van der Waals surface area contributed by atoms with Gasteiger partial charge in [0, 0.05) is 0 Å². The SMILES string of the molecule is Cc1ccc(C(C)NC(=O)CN2C(=O)c3ccccc3S2(=O)=O)o1. The molecule has 7 nitrogen and oxygen atoms in total. The van der Waals surface area contributed by atoms with Crippen molar-refractivity contribution in [2.75, 3.05) is 6.54 Å². The van der Waals surface area contributed by atoms with Gasteiger partial charge in [-0.3, -0.25) is 9.59 Å². The van der Waals surface area contributed by atoms with Gasteiger partial charge in [0.25, 0.3) is 15.9 Å². The van der Waals surface area contributed by atoms with Crippen molar-refractivity contribution in [1.29, 1.82) is 0 Å². The van der Waals surface area contributed by atoms with Crippen LogP contribution in [-0.4, -0.2) is 31.1 Å². The number of hydrogen-bond donors (Lipinski definition) is 1. The molecule has 3 rings (SSSR count). The second-order valence-electron chi connectivity index (χ2n) is 5.55. The maximum Gasteiger partial charge on any atom is 0.269 e. The minimum Gasteiger partial charge on any atom is -0.464 e. The number of nitrogens with one attached hydrogen (secondary N) is 1. The summed E-state index contributed by atoms with van der Waals surface area (Å²) in [4.78, 5) is 24.3. The van der Waals surface area contributed by atoms with Crippen LogP contribution in [0.25, 0.3) is 0 Å². The zero-order valence-corrected chi connectivity index (χ0v) is 14.0. The molecule has 0 spiro atoms. The van der Waals surface area contributed by atoms with Gasteiger partial charge in [-0.1, -0.05) is 12.1 Å². The lowest BCUT2D eigenvalue weighted by Gasteiger charge is -2.17. The summed E-state index contributed by atoms with van der Waals surface area (Å²) in [5, 5.41) is 2.63. The average molecular weight is 348 g/mol. The molecule has 2 heterocycles. The lowest BCUT2D eigenvalue weighted by molar-refractivity contribution is -0.121. The molecule has 1 aromatic heterocycles. The van der Waals surface area contributed by atoms with Crippen molar-refractivity contribution in [2.24, 2.45) is 0 Å². The van der Waals surface area contributed by atoms with Crippen LogP contribution >= 0.6 is 0 Å². The summed E-state index contributed by atoms with van der Waals surface area (Å²) in [6, 6.07) is 8.97. The minimum atomic E-state index is -3.99. The number of nitrogens with zero attached hydrogens (tertiary/aromatic N) is 1. The maximum absolute atomic E-state index is 12.4. The first-order chi connectivity index (χ1) is 11.3. The van der Waals surface area contributed by atoms with Crippen LogP contribution in [0.15, 0.2) is 45.7 Å². The molecule has 8 heteroatoms. The Labute approximate surface area is 139 Å². The van der Waals surface area contributed by atoms with Crippen LogP contribution < -0.4 is 5.32 Å². The molecular weight excluding hydrogens is 332 g/mol. The highest BCUT2D eigenvalue weighted by atomic mass is 32.2. The monoisotopic (exact) mass is 348 g/mol. The van der Waals surface area contributed by atoms with Gasteiger partial charge in [-0.25, -0.2) is 12.7 Å². The van der Waals surface area contributed by atoms with Crippen LogP contribution in [0, 0.1) is 6.92 Å². The molecule has 2 amide bonds. The standard InChI is InChI=1S/C16H16N2O5S/c1-10-7-8-13(23-10)11(2)17-15(19)9-18-16(20)12-5-3-4-6-14(12)24(18,21)22/h3-8,11H,9H2,1-2H3,(H,17,19). The number of carbonyl (C=O) groups is 2. The molecule has 1 N–H and O–H groups in total. The van der Waals surface area contributed by atoms with E-state index in [-0.39, 0.29) is 10.5 Å². The van der Waals surface area contributed by atoms with Crippen LogP contribution in [0.4, 0.5) is 0 Å². The summed E-state index contributed by atoms with van der Waals surface area (Å²) in [7, 11) is -3.99. The van der Waals surface area contributed by atoms with Crippen molar-refractivity contribution in [3.63, 3.8) is 0 Å². The van der Waals surface area contributed by atoms with Gasteiger partial charge in [0.1, 0.15) is 23.0 Å². The Kier molecular flexibility index (Phi) is 3.92. The van der Waals surface area contributed by atoms with Crippen LogP contribution in [0.1, 0.15) is 34.8 Å². The van der Waals surface area contributed by atoms with E-state index < -0.39 is 34.4 Å². The predicted molar refractivity (Wildman–Crippen MR) is 84.7 cm³/mol. The molecule has 0 aliphatic carbocycles. The third-order valence-corrected chi connectivity index (χ3v) is 5.55. The van der Waals surface area contributed by atoms with Crippen LogP contribution in [0.3, 0.4) is 0 Å². The molecule has 1 atom stereocenters. The molecule has 2 aromatic rings. The van der Waals surface area contributed by atoms with Gasteiger partial charge in [0.05, 0.1) is 11.6 Å². The minimum absolute atomic E-state index is 0.0718. The molecule has 0 fully saturated rings. The summed E-state index contributed by atoms with van der Waals surface area (Å²) in [5.41, 5.74) is 0.0833. The molecule has 24 heavy (non-hydrogen) atoms. The molecule has 126 valence electrons. The average Bonchev–Trinajstić information content (AvgIpc) is 3.04. The quantitative estimate of drug-likeness (QED) is 0.905. The Balaban J connectivity index is 1.75. The highest BCUT2D eigenvalue weighted by Gasteiger charge is 2.41. The van der Waals surface area contributed by atoms with Crippen LogP contribution in [0.2, 0.25) is 0 Å². The first-order valence-corrected chi connectivity index (χ1v) is 8.76. The molecule has 0 bridgehead atoms. The van der Waals surface area contributed by atoms with Crippen molar-refractivity contribution >= 4 is 21.8 Å². The van der Waals surface area contributed by atoms with Crippen molar-refractivity contribution in [1.82, 2.24) is 9.62 Å². The smallest absolute Gasteiger partial charge is 0.269 e. The van der Waals surface area contributed by atoms with Gasteiger partial charge in [-0.15, -0.1) is 0 Å².